The van der Waals surface area contributed by atoms with Gasteiger partial charge < -0.3 is 14.6 Å². The molecule has 2 unspecified atom stereocenters. The van der Waals surface area contributed by atoms with Gasteiger partial charge in [-0.3, -0.25) is 0 Å². The van der Waals surface area contributed by atoms with E-state index in [2.05, 4.69) is 28.7 Å². The van der Waals surface area contributed by atoms with Crippen LogP contribution in [-0.2, 0) is 11.3 Å². The summed E-state index contributed by atoms with van der Waals surface area (Å²) in [5, 5.41) is 3.38. The van der Waals surface area contributed by atoms with Crippen LogP contribution in [0.3, 0.4) is 0 Å². The molecule has 4 heteroatoms. The zero-order chi connectivity index (χ0) is 12.3. The minimum absolute atomic E-state index is 0.206. The Hall–Kier alpha value is -0.870. The van der Waals surface area contributed by atoms with Crippen LogP contribution < -0.4 is 5.32 Å². The van der Waals surface area contributed by atoms with Crippen molar-refractivity contribution in [3.05, 3.63) is 18.2 Å². The van der Waals surface area contributed by atoms with Crippen LogP contribution in [0.15, 0.2) is 12.4 Å². The fourth-order valence-corrected chi connectivity index (χ4v) is 2.43. The summed E-state index contributed by atoms with van der Waals surface area (Å²) in [6.07, 6.45) is 6.75. The first-order valence-electron chi connectivity index (χ1n) is 6.61. The van der Waals surface area contributed by atoms with Crippen molar-refractivity contribution >= 4 is 0 Å². The number of ether oxygens (including phenoxy) is 1. The number of aryl methyl sites for hydroxylation is 1. The second-order valence-corrected chi connectivity index (χ2v) is 4.60. The van der Waals surface area contributed by atoms with Gasteiger partial charge in [-0.05, 0) is 39.7 Å². The monoisotopic (exact) mass is 237 g/mol. The van der Waals surface area contributed by atoms with Crippen molar-refractivity contribution in [2.75, 3.05) is 13.7 Å². The number of nitrogens with zero attached hydrogens (tertiary/aromatic N) is 2. The molecule has 4 nitrogen and oxygen atoms in total. The fourth-order valence-electron chi connectivity index (χ4n) is 2.43. The highest BCUT2D eigenvalue weighted by molar-refractivity contribution is 5.05. The van der Waals surface area contributed by atoms with E-state index < -0.39 is 0 Å². The number of aromatic nitrogens is 2. The number of likely N-dealkylation sites (N-methyl/N-ethyl adjacent to an activating group) is 1. The standard InChI is InChI=1S/C13H23N3O/c1-4-16-9-8-15-13(16)11(14-3)12(17-5-2)10-6-7-10/h8-12,14H,4-7H2,1-3H3. The first-order valence-corrected chi connectivity index (χ1v) is 6.61. The van der Waals surface area contributed by atoms with Gasteiger partial charge in [0, 0.05) is 25.5 Å². The van der Waals surface area contributed by atoms with E-state index in [1.54, 1.807) is 0 Å². The second kappa shape index (κ2) is 5.65. The van der Waals surface area contributed by atoms with E-state index in [0.717, 1.165) is 19.0 Å². The Labute approximate surface area is 103 Å². The number of imidazole rings is 1. The number of hydrogen-bond donors (Lipinski definition) is 1. The average molecular weight is 237 g/mol. The van der Waals surface area contributed by atoms with Gasteiger partial charge in [-0.2, -0.15) is 0 Å². The molecule has 1 N–H and O–H groups in total. The summed E-state index contributed by atoms with van der Waals surface area (Å²) in [5.41, 5.74) is 0. The Morgan fingerprint density at radius 3 is 2.82 bits per heavy atom. The van der Waals surface area contributed by atoms with Gasteiger partial charge in [0.05, 0.1) is 12.1 Å². The molecule has 0 aromatic carbocycles. The molecule has 0 amide bonds. The zero-order valence-electron chi connectivity index (χ0n) is 11.0. The topological polar surface area (TPSA) is 39.1 Å². The fraction of sp³-hybridized carbons (Fsp3) is 0.769. The molecule has 0 aliphatic heterocycles. The average Bonchev–Trinajstić information content (AvgIpc) is 3.08. The predicted molar refractivity (Wildman–Crippen MR) is 67.8 cm³/mol. The first-order chi connectivity index (χ1) is 8.31. The quantitative estimate of drug-likeness (QED) is 0.788. The lowest BCUT2D eigenvalue weighted by molar-refractivity contribution is 0.0175. The zero-order valence-corrected chi connectivity index (χ0v) is 11.0. The van der Waals surface area contributed by atoms with Crippen molar-refractivity contribution in [1.29, 1.82) is 0 Å². The lowest BCUT2D eigenvalue weighted by atomic mass is 10.1. The predicted octanol–water partition coefficient (Wildman–Crippen LogP) is 1.98. The third-order valence-electron chi connectivity index (χ3n) is 3.45. The highest BCUT2D eigenvalue weighted by Crippen LogP contribution is 2.39. The lowest BCUT2D eigenvalue weighted by Crippen LogP contribution is -2.35. The molecule has 2 rings (SSSR count). The summed E-state index contributed by atoms with van der Waals surface area (Å²) in [5.74, 6) is 1.80. The molecular weight excluding hydrogens is 214 g/mol. The molecule has 0 radical (unpaired) electrons. The van der Waals surface area contributed by atoms with E-state index in [1.165, 1.54) is 12.8 Å². The molecule has 0 spiro atoms. The molecule has 1 aromatic rings. The summed E-state index contributed by atoms with van der Waals surface area (Å²) in [6.45, 7) is 5.93. The van der Waals surface area contributed by atoms with Crippen LogP contribution in [0.25, 0.3) is 0 Å². The van der Waals surface area contributed by atoms with Crippen LogP contribution in [0, 0.1) is 5.92 Å². The van der Waals surface area contributed by atoms with Gasteiger partial charge in [-0.15, -0.1) is 0 Å². The van der Waals surface area contributed by atoms with Crippen LogP contribution in [0.1, 0.15) is 38.6 Å². The maximum absolute atomic E-state index is 5.93. The maximum Gasteiger partial charge on any atom is 0.128 e. The molecule has 1 aliphatic rings. The van der Waals surface area contributed by atoms with E-state index in [0.29, 0.717) is 5.92 Å². The summed E-state index contributed by atoms with van der Waals surface area (Å²) in [7, 11) is 1.99. The van der Waals surface area contributed by atoms with Crippen LogP contribution in [0.5, 0.6) is 0 Å². The largest absolute Gasteiger partial charge is 0.376 e. The molecule has 2 atom stereocenters. The van der Waals surface area contributed by atoms with Gasteiger partial charge in [0.25, 0.3) is 0 Å². The molecule has 1 aliphatic carbocycles. The summed E-state index contributed by atoms with van der Waals surface area (Å²) < 4.78 is 8.12. The van der Waals surface area contributed by atoms with E-state index >= 15 is 0 Å². The molecule has 96 valence electrons. The first kappa shape index (κ1) is 12.6. The van der Waals surface area contributed by atoms with Gasteiger partial charge >= 0.3 is 0 Å². The van der Waals surface area contributed by atoms with Gasteiger partial charge in [-0.1, -0.05) is 0 Å². The summed E-state index contributed by atoms with van der Waals surface area (Å²) >= 11 is 0. The molecular formula is C13H23N3O. The van der Waals surface area contributed by atoms with Gasteiger partial charge in [0.2, 0.25) is 0 Å². The molecule has 1 heterocycles. The minimum Gasteiger partial charge on any atom is -0.376 e. The molecule has 0 saturated heterocycles. The molecule has 1 fully saturated rings. The minimum atomic E-state index is 0.206. The Balaban J connectivity index is 2.18. The van der Waals surface area contributed by atoms with Crippen LogP contribution in [-0.4, -0.2) is 29.3 Å². The smallest absolute Gasteiger partial charge is 0.128 e. The SMILES string of the molecule is CCOC(C1CC1)C(NC)c1nccn1CC. The Morgan fingerprint density at radius 1 is 1.53 bits per heavy atom. The summed E-state index contributed by atoms with van der Waals surface area (Å²) in [6, 6.07) is 0.206. The molecule has 1 saturated carbocycles. The Bertz CT molecular complexity index is 346. The third-order valence-corrected chi connectivity index (χ3v) is 3.45. The van der Waals surface area contributed by atoms with Crippen molar-refractivity contribution in [2.24, 2.45) is 5.92 Å². The molecule has 1 aromatic heterocycles. The van der Waals surface area contributed by atoms with Gasteiger partial charge in [0.15, 0.2) is 0 Å². The van der Waals surface area contributed by atoms with Crippen molar-refractivity contribution in [1.82, 2.24) is 14.9 Å². The number of hydrogen-bond acceptors (Lipinski definition) is 3. The number of nitrogens with one attached hydrogen (secondary N) is 1. The highest BCUT2D eigenvalue weighted by atomic mass is 16.5. The van der Waals surface area contributed by atoms with Crippen molar-refractivity contribution in [3.63, 3.8) is 0 Å². The molecule has 0 bridgehead atoms. The van der Waals surface area contributed by atoms with Crippen LogP contribution in [0.2, 0.25) is 0 Å². The summed E-state index contributed by atoms with van der Waals surface area (Å²) in [4.78, 5) is 4.49. The van der Waals surface area contributed by atoms with E-state index in [-0.39, 0.29) is 12.1 Å². The normalized spacial score (nSPS) is 19.2. The van der Waals surface area contributed by atoms with E-state index in [4.69, 9.17) is 4.74 Å². The van der Waals surface area contributed by atoms with Crippen molar-refractivity contribution in [3.8, 4) is 0 Å². The van der Waals surface area contributed by atoms with Crippen molar-refractivity contribution < 1.29 is 4.74 Å². The lowest BCUT2D eigenvalue weighted by Gasteiger charge is -2.26. The Morgan fingerprint density at radius 2 is 2.29 bits per heavy atom. The van der Waals surface area contributed by atoms with Gasteiger partial charge in [-0.25, -0.2) is 4.98 Å². The van der Waals surface area contributed by atoms with Gasteiger partial charge in [0.1, 0.15) is 5.82 Å². The third kappa shape index (κ3) is 2.69. The maximum atomic E-state index is 5.93. The number of rotatable bonds is 7. The molecule has 17 heavy (non-hydrogen) atoms. The second-order valence-electron chi connectivity index (χ2n) is 4.60. The Kier molecular flexibility index (Phi) is 4.18. The van der Waals surface area contributed by atoms with Crippen molar-refractivity contribution in [2.45, 2.75) is 45.4 Å². The van der Waals surface area contributed by atoms with Crippen LogP contribution in [0.4, 0.5) is 0 Å². The van der Waals surface area contributed by atoms with E-state index in [1.807, 2.05) is 19.4 Å². The highest BCUT2D eigenvalue weighted by Gasteiger charge is 2.38. The van der Waals surface area contributed by atoms with E-state index in [9.17, 15) is 0 Å². The van der Waals surface area contributed by atoms with Crippen LogP contribution >= 0.6 is 0 Å².